The molecule has 0 aromatic rings. The second-order valence-electron chi connectivity index (χ2n) is 3.78. The highest BCUT2D eigenvalue weighted by Crippen LogP contribution is 2.46. The highest BCUT2D eigenvalue weighted by molar-refractivity contribution is 6.18. The molecule has 1 saturated carbocycles. The van der Waals surface area contributed by atoms with E-state index in [0.29, 0.717) is 5.88 Å². The van der Waals surface area contributed by atoms with Gasteiger partial charge in [0.15, 0.2) is 0 Å². The van der Waals surface area contributed by atoms with Crippen LogP contribution in [0.4, 0.5) is 0 Å². The van der Waals surface area contributed by atoms with Crippen LogP contribution in [0, 0.1) is 5.92 Å². The van der Waals surface area contributed by atoms with E-state index >= 15 is 0 Å². The second kappa shape index (κ2) is 2.95. The zero-order chi connectivity index (χ0) is 7.73. The fourth-order valence-corrected chi connectivity index (χ4v) is 2.45. The SMILES string of the molecule is ClCC1(C2CC2)CCCCO1. The van der Waals surface area contributed by atoms with Gasteiger partial charge in [0.2, 0.25) is 0 Å². The lowest BCUT2D eigenvalue weighted by atomic mass is 9.91. The van der Waals surface area contributed by atoms with Crippen LogP contribution in [0.5, 0.6) is 0 Å². The van der Waals surface area contributed by atoms with Crippen LogP contribution < -0.4 is 0 Å². The number of ether oxygens (including phenoxy) is 1. The van der Waals surface area contributed by atoms with Gasteiger partial charge in [-0.15, -0.1) is 11.6 Å². The summed E-state index contributed by atoms with van der Waals surface area (Å²) >= 11 is 5.95. The summed E-state index contributed by atoms with van der Waals surface area (Å²) in [6.07, 6.45) is 6.41. The topological polar surface area (TPSA) is 9.23 Å². The van der Waals surface area contributed by atoms with Crippen molar-refractivity contribution in [1.29, 1.82) is 0 Å². The Hall–Kier alpha value is 0.250. The van der Waals surface area contributed by atoms with E-state index in [2.05, 4.69) is 0 Å². The number of alkyl halides is 1. The predicted octanol–water partition coefficient (Wildman–Crippen LogP) is 2.57. The quantitative estimate of drug-likeness (QED) is 0.585. The Balaban J connectivity index is 2.01. The summed E-state index contributed by atoms with van der Waals surface area (Å²) in [4.78, 5) is 0. The van der Waals surface area contributed by atoms with Crippen LogP contribution in [0.2, 0.25) is 0 Å². The predicted molar refractivity (Wildman–Crippen MR) is 46.0 cm³/mol. The van der Waals surface area contributed by atoms with E-state index in [1.807, 2.05) is 0 Å². The van der Waals surface area contributed by atoms with Gasteiger partial charge >= 0.3 is 0 Å². The van der Waals surface area contributed by atoms with Gasteiger partial charge in [-0.25, -0.2) is 0 Å². The van der Waals surface area contributed by atoms with Crippen molar-refractivity contribution in [1.82, 2.24) is 0 Å². The summed E-state index contributed by atoms with van der Waals surface area (Å²) < 4.78 is 5.81. The van der Waals surface area contributed by atoms with Crippen molar-refractivity contribution in [2.24, 2.45) is 5.92 Å². The standard InChI is InChI=1S/C9H15ClO/c10-7-9(8-3-4-8)5-1-2-6-11-9/h8H,1-7H2. The Morgan fingerprint density at radius 3 is 2.64 bits per heavy atom. The molecule has 0 aromatic heterocycles. The number of rotatable bonds is 2. The van der Waals surface area contributed by atoms with Crippen LogP contribution in [0.3, 0.4) is 0 Å². The van der Waals surface area contributed by atoms with Gasteiger partial charge in [0.1, 0.15) is 0 Å². The molecule has 2 rings (SSSR count). The molecule has 64 valence electrons. The molecule has 1 aliphatic carbocycles. The Morgan fingerprint density at radius 2 is 2.18 bits per heavy atom. The molecular formula is C9H15ClO. The van der Waals surface area contributed by atoms with Crippen LogP contribution in [0.15, 0.2) is 0 Å². The van der Waals surface area contributed by atoms with Gasteiger partial charge < -0.3 is 4.74 Å². The van der Waals surface area contributed by atoms with Crippen molar-refractivity contribution < 1.29 is 4.74 Å². The third-order valence-electron chi connectivity index (χ3n) is 2.93. The second-order valence-corrected chi connectivity index (χ2v) is 4.05. The molecule has 0 amide bonds. The van der Waals surface area contributed by atoms with Crippen LogP contribution in [-0.2, 0) is 4.74 Å². The van der Waals surface area contributed by atoms with E-state index < -0.39 is 0 Å². The molecule has 1 heterocycles. The van der Waals surface area contributed by atoms with E-state index in [0.717, 1.165) is 12.5 Å². The molecule has 1 aliphatic heterocycles. The first-order valence-electron chi connectivity index (χ1n) is 4.57. The zero-order valence-electron chi connectivity index (χ0n) is 6.81. The Kier molecular flexibility index (Phi) is 2.11. The minimum atomic E-state index is 0.0970. The molecule has 11 heavy (non-hydrogen) atoms. The van der Waals surface area contributed by atoms with Crippen molar-refractivity contribution in [3.63, 3.8) is 0 Å². The molecule has 0 radical (unpaired) electrons. The van der Waals surface area contributed by atoms with Crippen molar-refractivity contribution in [2.75, 3.05) is 12.5 Å². The van der Waals surface area contributed by atoms with Crippen molar-refractivity contribution in [2.45, 2.75) is 37.7 Å². The molecule has 0 N–H and O–H groups in total. The van der Waals surface area contributed by atoms with Crippen LogP contribution in [-0.4, -0.2) is 18.1 Å². The van der Waals surface area contributed by atoms with E-state index in [9.17, 15) is 0 Å². The van der Waals surface area contributed by atoms with Crippen molar-refractivity contribution in [3.05, 3.63) is 0 Å². The Labute approximate surface area is 73.1 Å². The zero-order valence-corrected chi connectivity index (χ0v) is 7.57. The summed E-state index contributed by atoms with van der Waals surface area (Å²) in [6.45, 7) is 0.934. The maximum atomic E-state index is 5.95. The molecule has 2 fully saturated rings. The monoisotopic (exact) mass is 174 g/mol. The molecule has 2 aliphatic rings. The van der Waals surface area contributed by atoms with Gasteiger partial charge in [-0.1, -0.05) is 0 Å². The van der Waals surface area contributed by atoms with E-state index in [1.54, 1.807) is 0 Å². The summed E-state index contributed by atoms with van der Waals surface area (Å²) in [5.74, 6) is 1.50. The molecule has 1 saturated heterocycles. The normalized spacial score (nSPS) is 39.0. The Bertz CT molecular complexity index is 136. The summed E-state index contributed by atoms with van der Waals surface area (Å²) in [6, 6.07) is 0. The van der Waals surface area contributed by atoms with Crippen LogP contribution in [0.25, 0.3) is 0 Å². The first-order valence-corrected chi connectivity index (χ1v) is 5.11. The van der Waals surface area contributed by atoms with Crippen LogP contribution in [0.1, 0.15) is 32.1 Å². The molecule has 1 unspecified atom stereocenters. The van der Waals surface area contributed by atoms with Gasteiger partial charge in [0.05, 0.1) is 11.5 Å². The van der Waals surface area contributed by atoms with E-state index in [4.69, 9.17) is 16.3 Å². The van der Waals surface area contributed by atoms with Gasteiger partial charge in [-0.05, 0) is 38.0 Å². The highest BCUT2D eigenvalue weighted by Gasteiger charge is 2.46. The molecule has 0 bridgehead atoms. The molecule has 2 heteroatoms. The molecule has 1 nitrogen and oxygen atoms in total. The molecule has 0 spiro atoms. The summed E-state index contributed by atoms with van der Waals surface area (Å²) in [5.41, 5.74) is 0.0970. The highest BCUT2D eigenvalue weighted by atomic mass is 35.5. The first-order chi connectivity index (χ1) is 5.37. The average Bonchev–Trinajstić information content (AvgIpc) is 2.88. The number of halogens is 1. The van der Waals surface area contributed by atoms with Gasteiger partial charge in [0, 0.05) is 6.61 Å². The molecular weight excluding hydrogens is 160 g/mol. The lowest BCUT2D eigenvalue weighted by molar-refractivity contribution is -0.0772. The molecule has 0 aromatic carbocycles. The maximum Gasteiger partial charge on any atom is 0.0845 e. The lowest BCUT2D eigenvalue weighted by Crippen LogP contribution is -2.40. The van der Waals surface area contributed by atoms with Crippen molar-refractivity contribution >= 4 is 11.6 Å². The van der Waals surface area contributed by atoms with Crippen LogP contribution >= 0.6 is 11.6 Å². The van der Waals surface area contributed by atoms with Gasteiger partial charge in [0.25, 0.3) is 0 Å². The summed E-state index contributed by atoms with van der Waals surface area (Å²) in [5, 5.41) is 0. The molecule has 1 atom stereocenters. The number of hydrogen-bond acceptors (Lipinski definition) is 1. The smallest absolute Gasteiger partial charge is 0.0845 e. The third-order valence-corrected chi connectivity index (χ3v) is 3.38. The fourth-order valence-electron chi connectivity index (χ4n) is 2.02. The summed E-state index contributed by atoms with van der Waals surface area (Å²) in [7, 11) is 0. The third kappa shape index (κ3) is 1.41. The fraction of sp³-hybridized carbons (Fsp3) is 1.00. The van der Waals surface area contributed by atoms with E-state index in [-0.39, 0.29) is 5.60 Å². The van der Waals surface area contributed by atoms with E-state index in [1.165, 1.54) is 32.1 Å². The largest absolute Gasteiger partial charge is 0.373 e. The van der Waals surface area contributed by atoms with Gasteiger partial charge in [-0.3, -0.25) is 0 Å². The maximum absolute atomic E-state index is 5.95. The minimum absolute atomic E-state index is 0.0970. The lowest BCUT2D eigenvalue weighted by Gasteiger charge is -2.35. The van der Waals surface area contributed by atoms with Crippen molar-refractivity contribution in [3.8, 4) is 0 Å². The first kappa shape index (κ1) is 7.88. The Morgan fingerprint density at radius 1 is 1.36 bits per heavy atom. The number of hydrogen-bond donors (Lipinski definition) is 0. The average molecular weight is 175 g/mol. The minimum Gasteiger partial charge on any atom is -0.373 e. The van der Waals surface area contributed by atoms with Gasteiger partial charge in [-0.2, -0.15) is 0 Å².